The van der Waals surface area contributed by atoms with Crippen LogP contribution in [0.3, 0.4) is 0 Å². The van der Waals surface area contributed by atoms with Crippen molar-refractivity contribution < 1.29 is 19.0 Å². The van der Waals surface area contributed by atoms with Crippen molar-refractivity contribution in [2.45, 2.75) is 25.9 Å². The van der Waals surface area contributed by atoms with Crippen LogP contribution < -0.4 is 14.8 Å². The Balaban J connectivity index is 1.97. The number of amides is 1. The molecule has 2 rings (SSSR count). The van der Waals surface area contributed by atoms with Crippen LogP contribution in [0.15, 0.2) is 46.9 Å². The van der Waals surface area contributed by atoms with Crippen LogP contribution in [0.2, 0.25) is 0 Å². The van der Waals surface area contributed by atoms with Gasteiger partial charge in [-0.3, -0.25) is 4.79 Å². The Bertz CT molecular complexity index is 830. The van der Waals surface area contributed by atoms with E-state index in [0.29, 0.717) is 31.1 Å². The molecule has 0 radical (unpaired) electrons. The number of rotatable bonds is 11. The Morgan fingerprint density at radius 1 is 1.21 bits per heavy atom. The van der Waals surface area contributed by atoms with Gasteiger partial charge < -0.3 is 19.5 Å². The molecule has 0 saturated carbocycles. The summed E-state index contributed by atoms with van der Waals surface area (Å²) in [4.78, 5) is 12.7. The van der Waals surface area contributed by atoms with Gasteiger partial charge in [0.2, 0.25) is 0 Å². The smallest absolute Gasteiger partial charge is 0.253 e. The van der Waals surface area contributed by atoms with Crippen molar-refractivity contribution in [2.24, 2.45) is 0 Å². The van der Waals surface area contributed by atoms with Gasteiger partial charge in [-0.1, -0.05) is 47.0 Å². The first-order valence-electron chi connectivity index (χ1n) is 9.47. The number of ether oxygens (including phenoxy) is 3. The molecule has 29 heavy (non-hydrogen) atoms. The highest BCUT2D eigenvalue weighted by atomic mass is 79.9. The van der Waals surface area contributed by atoms with Crippen LogP contribution >= 0.6 is 15.9 Å². The van der Waals surface area contributed by atoms with E-state index in [2.05, 4.69) is 27.2 Å². The van der Waals surface area contributed by atoms with E-state index in [4.69, 9.17) is 20.6 Å². The van der Waals surface area contributed by atoms with Crippen LogP contribution in [-0.2, 0) is 16.0 Å². The molecule has 0 fully saturated rings. The van der Waals surface area contributed by atoms with Crippen molar-refractivity contribution in [3.8, 4) is 23.8 Å². The third-order valence-electron chi connectivity index (χ3n) is 4.15. The third kappa shape index (κ3) is 7.12. The van der Waals surface area contributed by atoms with Gasteiger partial charge in [0.05, 0.1) is 7.11 Å². The summed E-state index contributed by atoms with van der Waals surface area (Å²) >= 11 is 3.41. The lowest BCUT2D eigenvalue weighted by Crippen LogP contribution is -2.32. The Morgan fingerprint density at radius 2 is 1.97 bits per heavy atom. The maximum atomic E-state index is 12.7. The van der Waals surface area contributed by atoms with Crippen molar-refractivity contribution >= 4 is 21.8 Å². The molecule has 0 saturated heterocycles. The monoisotopic (exact) mass is 459 g/mol. The Hall–Kier alpha value is -2.49. The number of terminal acetylenes is 1. The summed E-state index contributed by atoms with van der Waals surface area (Å²) in [6.07, 6.45) is 6.09. The quantitative estimate of drug-likeness (QED) is 0.509. The van der Waals surface area contributed by atoms with Crippen LogP contribution in [0.4, 0.5) is 0 Å². The van der Waals surface area contributed by atoms with Crippen molar-refractivity contribution in [1.29, 1.82) is 0 Å². The number of benzene rings is 2. The second kappa shape index (κ2) is 12.2. The van der Waals surface area contributed by atoms with Gasteiger partial charge >= 0.3 is 0 Å². The predicted molar refractivity (Wildman–Crippen MR) is 117 cm³/mol. The average molecular weight is 460 g/mol. The maximum absolute atomic E-state index is 12.7. The minimum absolute atomic E-state index is 0.151. The third-order valence-corrected chi connectivity index (χ3v) is 4.68. The molecule has 0 aromatic heterocycles. The van der Waals surface area contributed by atoms with Gasteiger partial charge in [-0.15, -0.1) is 6.42 Å². The van der Waals surface area contributed by atoms with Crippen LogP contribution in [0.25, 0.3) is 0 Å². The van der Waals surface area contributed by atoms with Crippen LogP contribution in [-0.4, -0.2) is 32.8 Å². The maximum Gasteiger partial charge on any atom is 0.253 e. The lowest BCUT2D eigenvalue weighted by Gasteiger charge is -2.18. The number of nitrogens with one attached hydrogen (secondary N) is 1. The molecule has 2 aromatic rings. The lowest BCUT2D eigenvalue weighted by molar-refractivity contribution is -0.133. The van der Waals surface area contributed by atoms with E-state index in [1.807, 2.05) is 49.4 Å². The van der Waals surface area contributed by atoms with Crippen molar-refractivity contribution in [2.75, 3.05) is 26.9 Å². The van der Waals surface area contributed by atoms with Crippen LogP contribution in [0.1, 0.15) is 30.6 Å². The molecule has 1 N–H and O–H groups in total. The number of carbonyl (C=O) groups is 1. The average Bonchev–Trinajstić information content (AvgIpc) is 2.74. The Labute approximate surface area is 180 Å². The molecule has 0 heterocycles. The summed E-state index contributed by atoms with van der Waals surface area (Å²) in [5.74, 6) is 3.49. The fourth-order valence-electron chi connectivity index (χ4n) is 2.73. The summed E-state index contributed by atoms with van der Waals surface area (Å²) in [5, 5.41) is 2.97. The molecule has 0 spiro atoms. The van der Waals surface area contributed by atoms with Gasteiger partial charge in [0.1, 0.15) is 6.61 Å². The second-order valence-electron chi connectivity index (χ2n) is 6.32. The number of methoxy groups -OCH3 is 1. The molecule has 1 unspecified atom stereocenters. The normalized spacial score (nSPS) is 11.4. The molecule has 5 nitrogen and oxygen atoms in total. The van der Waals surface area contributed by atoms with E-state index in [1.165, 1.54) is 0 Å². The van der Waals surface area contributed by atoms with Crippen molar-refractivity contribution in [1.82, 2.24) is 5.32 Å². The molecule has 2 aromatic carbocycles. The molecular formula is C23H26BrNO4. The number of hydrogen-bond donors (Lipinski definition) is 1. The first kappa shape index (κ1) is 22.8. The molecule has 0 aliphatic carbocycles. The van der Waals surface area contributed by atoms with Crippen molar-refractivity contribution in [3.63, 3.8) is 0 Å². The fourth-order valence-corrected chi connectivity index (χ4v) is 2.99. The molecule has 6 heteroatoms. The van der Waals surface area contributed by atoms with E-state index >= 15 is 0 Å². The Kier molecular flexibility index (Phi) is 9.55. The molecule has 0 bridgehead atoms. The highest BCUT2D eigenvalue weighted by Gasteiger charge is 2.20. The van der Waals surface area contributed by atoms with Gasteiger partial charge in [0.25, 0.3) is 5.91 Å². The zero-order valence-corrected chi connectivity index (χ0v) is 18.3. The zero-order chi connectivity index (χ0) is 21.1. The molecule has 1 amide bonds. The number of halogens is 1. The summed E-state index contributed by atoms with van der Waals surface area (Å²) in [5.41, 5.74) is 1.85. The van der Waals surface area contributed by atoms with Gasteiger partial charge in [-0.05, 0) is 48.2 Å². The second-order valence-corrected chi connectivity index (χ2v) is 7.24. The standard InChI is InChI=1S/C23H26BrNO4/c1-4-14-28-20-11-6-17(16-21(20)27-3)12-13-25-23(26)22(29-15-5-2)18-7-9-19(24)10-8-18/h1,6-11,16,22H,5,12-15H2,2-3H3,(H,25,26). The molecule has 1 atom stereocenters. The van der Waals surface area contributed by atoms with E-state index in [1.54, 1.807) is 7.11 Å². The SMILES string of the molecule is C#CCOc1ccc(CCNC(=O)C(OCCC)c2ccc(Br)cc2)cc1OC. The van der Waals surface area contributed by atoms with Crippen molar-refractivity contribution in [3.05, 3.63) is 58.1 Å². The summed E-state index contributed by atoms with van der Waals surface area (Å²) in [6.45, 7) is 3.20. The van der Waals surface area contributed by atoms with E-state index < -0.39 is 6.10 Å². The largest absolute Gasteiger partial charge is 0.493 e. The highest BCUT2D eigenvalue weighted by molar-refractivity contribution is 9.10. The zero-order valence-electron chi connectivity index (χ0n) is 16.7. The summed E-state index contributed by atoms with van der Waals surface area (Å²) in [7, 11) is 1.58. The fraction of sp³-hybridized carbons (Fsp3) is 0.348. The first-order chi connectivity index (χ1) is 14.1. The van der Waals surface area contributed by atoms with E-state index in [-0.39, 0.29) is 12.5 Å². The van der Waals surface area contributed by atoms with E-state index in [9.17, 15) is 4.79 Å². The molecule has 0 aliphatic heterocycles. The van der Waals surface area contributed by atoms with Crippen LogP contribution in [0.5, 0.6) is 11.5 Å². The van der Waals surface area contributed by atoms with Gasteiger partial charge in [0, 0.05) is 17.6 Å². The summed E-state index contributed by atoms with van der Waals surface area (Å²) in [6, 6.07) is 13.2. The number of carbonyl (C=O) groups excluding carboxylic acids is 1. The van der Waals surface area contributed by atoms with Gasteiger partial charge in [-0.25, -0.2) is 0 Å². The Morgan fingerprint density at radius 3 is 2.62 bits per heavy atom. The molecule has 0 aliphatic rings. The molecule has 154 valence electrons. The van der Waals surface area contributed by atoms with Crippen LogP contribution in [0, 0.1) is 12.3 Å². The minimum Gasteiger partial charge on any atom is -0.493 e. The highest BCUT2D eigenvalue weighted by Crippen LogP contribution is 2.28. The first-order valence-corrected chi connectivity index (χ1v) is 10.3. The topological polar surface area (TPSA) is 56.8 Å². The van der Waals surface area contributed by atoms with Gasteiger partial charge in [-0.2, -0.15) is 0 Å². The van der Waals surface area contributed by atoms with Gasteiger partial charge in [0.15, 0.2) is 17.6 Å². The number of hydrogen-bond acceptors (Lipinski definition) is 4. The molecular weight excluding hydrogens is 434 g/mol. The predicted octanol–water partition coefficient (Wildman–Crippen LogP) is 4.30. The lowest BCUT2D eigenvalue weighted by atomic mass is 10.1. The summed E-state index contributed by atoms with van der Waals surface area (Å²) < 4.78 is 17.6. The minimum atomic E-state index is -0.628. The van der Waals surface area contributed by atoms with E-state index in [0.717, 1.165) is 22.0 Å².